The van der Waals surface area contributed by atoms with Crippen molar-refractivity contribution >= 4 is 17.5 Å². The first-order valence-corrected chi connectivity index (χ1v) is 7.86. The molecule has 7 heteroatoms. The maximum atomic E-state index is 5.15. The summed E-state index contributed by atoms with van der Waals surface area (Å²) in [5.41, 5.74) is 0.903. The number of nitrogens with one attached hydrogen (secondary N) is 1. The van der Waals surface area contributed by atoms with E-state index in [9.17, 15) is 0 Å². The lowest BCUT2D eigenvalue weighted by molar-refractivity contribution is 0.270. The highest BCUT2D eigenvalue weighted by Crippen LogP contribution is 2.19. The molecule has 2 heterocycles. The van der Waals surface area contributed by atoms with Crippen LogP contribution in [0.15, 0.2) is 30.5 Å². The van der Waals surface area contributed by atoms with E-state index in [4.69, 9.17) is 4.74 Å². The summed E-state index contributed by atoms with van der Waals surface area (Å²) in [7, 11) is 1.65. The van der Waals surface area contributed by atoms with Gasteiger partial charge in [-0.05, 0) is 30.8 Å². The van der Waals surface area contributed by atoms with Gasteiger partial charge in [0.15, 0.2) is 5.82 Å². The number of anilines is 3. The fourth-order valence-corrected chi connectivity index (χ4v) is 2.60. The van der Waals surface area contributed by atoms with Crippen LogP contribution in [0.5, 0.6) is 5.75 Å². The molecule has 1 aliphatic heterocycles. The van der Waals surface area contributed by atoms with Crippen molar-refractivity contribution in [1.82, 2.24) is 20.1 Å². The fourth-order valence-electron chi connectivity index (χ4n) is 2.60. The molecule has 0 amide bonds. The van der Waals surface area contributed by atoms with Crippen LogP contribution < -0.4 is 15.0 Å². The number of benzene rings is 1. The molecule has 1 aliphatic rings. The molecule has 7 nitrogen and oxygen atoms in total. The van der Waals surface area contributed by atoms with Crippen molar-refractivity contribution in [2.75, 3.05) is 50.1 Å². The number of nitrogens with zero attached hydrogens (tertiary/aromatic N) is 5. The van der Waals surface area contributed by atoms with Gasteiger partial charge in [-0.15, -0.1) is 5.10 Å². The maximum absolute atomic E-state index is 5.15. The Morgan fingerprint density at radius 2 is 1.87 bits per heavy atom. The number of ether oxygens (including phenoxy) is 1. The minimum atomic E-state index is 0.505. The van der Waals surface area contributed by atoms with Crippen molar-refractivity contribution in [2.24, 2.45) is 0 Å². The molecule has 0 spiro atoms. The second-order valence-electron chi connectivity index (χ2n) is 5.41. The van der Waals surface area contributed by atoms with E-state index in [2.05, 4.69) is 37.2 Å². The van der Waals surface area contributed by atoms with Crippen molar-refractivity contribution in [3.05, 3.63) is 30.5 Å². The molecule has 1 fully saturated rings. The third-order valence-electron chi connectivity index (χ3n) is 4.04. The SMILES string of the molecule is CCN1CCN(c2cnnc(Nc3ccc(OC)cc3)n2)CC1. The van der Waals surface area contributed by atoms with Crippen LogP contribution >= 0.6 is 0 Å². The van der Waals surface area contributed by atoms with Gasteiger partial charge in [-0.1, -0.05) is 6.92 Å². The number of hydrogen-bond donors (Lipinski definition) is 1. The third-order valence-corrected chi connectivity index (χ3v) is 4.04. The van der Waals surface area contributed by atoms with Crippen molar-refractivity contribution < 1.29 is 4.74 Å². The zero-order valence-corrected chi connectivity index (χ0v) is 13.6. The molecule has 3 rings (SSSR count). The second-order valence-corrected chi connectivity index (χ2v) is 5.41. The van der Waals surface area contributed by atoms with Crippen molar-refractivity contribution in [3.63, 3.8) is 0 Å². The Balaban J connectivity index is 1.67. The predicted octanol–water partition coefficient (Wildman–Crippen LogP) is 1.77. The molecule has 0 aliphatic carbocycles. The summed E-state index contributed by atoms with van der Waals surface area (Å²) >= 11 is 0. The lowest BCUT2D eigenvalue weighted by atomic mass is 10.3. The van der Waals surface area contributed by atoms with Gasteiger partial charge in [-0.3, -0.25) is 0 Å². The van der Waals surface area contributed by atoms with Gasteiger partial charge in [-0.2, -0.15) is 10.1 Å². The van der Waals surface area contributed by atoms with Crippen LogP contribution in [0.4, 0.5) is 17.5 Å². The van der Waals surface area contributed by atoms with E-state index >= 15 is 0 Å². The predicted molar refractivity (Wildman–Crippen MR) is 90.4 cm³/mol. The molecular weight excluding hydrogens is 292 g/mol. The molecule has 0 atom stereocenters. The Bertz CT molecular complexity index is 625. The van der Waals surface area contributed by atoms with Crippen LogP contribution in [0.1, 0.15) is 6.92 Å². The molecule has 2 aromatic rings. The largest absolute Gasteiger partial charge is 0.497 e. The van der Waals surface area contributed by atoms with Gasteiger partial charge >= 0.3 is 0 Å². The molecule has 1 aromatic heterocycles. The average Bonchev–Trinajstić information content (AvgIpc) is 2.63. The minimum absolute atomic E-state index is 0.505. The average molecular weight is 314 g/mol. The number of piperazine rings is 1. The van der Waals surface area contributed by atoms with E-state index in [0.717, 1.165) is 50.0 Å². The first-order valence-electron chi connectivity index (χ1n) is 7.86. The summed E-state index contributed by atoms with van der Waals surface area (Å²) in [5, 5.41) is 11.3. The van der Waals surface area contributed by atoms with Crippen LogP contribution in [-0.2, 0) is 0 Å². The number of rotatable bonds is 5. The summed E-state index contributed by atoms with van der Waals surface area (Å²) in [6.07, 6.45) is 1.72. The van der Waals surface area contributed by atoms with Crippen LogP contribution in [0, 0.1) is 0 Å². The number of aromatic nitrogens is 3. The summed E-state index contributed by atoms with van der Waals surface area (Å²) in [5.74, 6) is 2.19. The maximum Gasteiger partial charge on any atom is 0.249 e. The fraction of sp³-hybridized carbons (Fsp3) is 0.438. The minimum Gasteiger partial charge on any atom is -0.497 e. The van der Waals surface area contributed by atoms with Crippen LogP contribution in [0.3, 0.4) is 0 Å². The van der Waals surface area contributed by atoms with Gasteiger partial charge in [-0.25, -0.2) is 0 Å². The second kappa shape index (κ2) is 7.23. The van der Waals surface area contributed by atoms with Crippen molar-refractivity contribution in [3.8, 4) is 5.75 Å². The van der Waals surface area contributed by atoms with E-state index in [1.807, 2.05) is 24.3 Å². The van der Waals surface area contributed by atoms with Crippen LogP contribution in [0.2, 0.25) is 0 Å². The highest BCUT2D eigenvalue weighted by atomic mass is 16.5. The van der Waals surface area contributed by atoms with E-state index in [-0.39, 0.29) is 0 Å². The first-order chi connectivity index (χ1) is 11.3. The normalized spacial score (nSPS) is 15.5. The summed E-state index contributed by atoms with van der Waals surface area (Å²) in [4.78, 5) is 9.26. The molecule has 0 bridgehead atoms. The number of likely N-dealkylation sites (N-methyl/N-ethyl adjacent to an activating group) is 1. The molecule has 0 unspecified atom stereocenters. The Morgan fingerprint density at radius 1 is 1.13 bits per heavy atom. The molecule has 1 saturated heterocycles. The molecule has 0 saturated carbocycles. The molecule has 1 N–H and O–H groups in total. The molecule has 122 valence electrons. The van der Waals surface area contributed by atoms with Gasteiger partial charge < -0.3 is 19.9 Å². The lowest BCUT2D eigenvalue weighted by Gasteiger charge is -2.34. The summed E-state index contributed by atoms with van der Waals surface area (Å²) in [6, 6.07) is 7.64. The topological polar surface area (TPSA) is 66.4 Å². The van der Waals surface area contributed by atoms with E-state index < -0.39 is 0 Å². The zero-order chi connectivity index (χ0) is 16.1. The quantitative estimate of drug-likeness (QED) is 0.902. The number of hydrogen-bond acceptors (Lipinski definition) is 7. The number of methoxy groups -OCH3 is 1. The third kappa shape index (κ3) is 3.87. The highest BCUT2D eigenvalue weighted by Gasteiger charge is 2.17. The van der Waals surface area contributed by atoms with Crippen molar-refractivity contribution in [2.45, 2.75) is 6.92 Å². The molecule has 0 radical (unpaired) electrons. The van der Waals surface area contributed by atoms with Gasteiger partial charge in [0.05, 0.1) is 13.3 Å². The summed E-state index contributed by atoms with van der Waals surface area (Å²) < 4.78 is 5.15. The smallest absolute Gasteiger partial charge is 0.249 e. The Hall–Kier alpha value is -2.41. The lowest BCUT2D eigenvalue weighted by Crippen LogP contribution is -2.46. The van der Waals surface area contributed by atoms with Crippen LogP contribution in [0.25, 0.3) is 0 Å². The van der Waals surface area contributed by atoms with E-state index in [1.165, 1.54) is 0 Å². The Labute approximate surface area is 136 Å². The molecule has 1 aromatic carbocycles. The van der Waals surface area contributed by atoms with Gasteiger partial charge in [0.25, 0.3) is 0 Å². The highest BCUT2D eigenvalue weighted by molar-refractivity contribution is 5.55. The van der Waals surface area contributed by atoms with Gasteiger partial charge in [0.2, 0.25) is 5.95 Å². The zero-order valence-electron chi connectivity index (χ0n) is 13.6. The monoisotopic (exact) mass is 314 g/mol. The Kier molecular flexibility index (Phi) is 4.87. The van der Waals surface area contributed by atoms with Gasteiger partial charge in [0, 0.05) is 31.9 Å². The summed E-state index contributed by atoms with van der Waals surface area (Å²) in [6.45, 7) is 7.34. The van der Waals surface area contributed by atoms with E-state index in [1.54, 1.807) is 13.3 Å². The first kappa shape index (κ1) is 15.5. The Morgan fingerprint density at radius 3 is 2.52 bits per heavy atom. The van der Waals surface area contributed by atoms with Gasteiger partial charge in [0.1, 0.15) is 5.75 Å². The van der Waals surface area contributed by atoms with Crippen LogP contribution in [-0.4, -0.2) is 59.9 Å². The molecular formula is C16H22N6O. The molecule has 23 heavy (non-hydrogen) atoms. The standard InChI is InChI=1S/C16H22N6O/c1-3-21-8-10-22(11-9-21)15-12-17-20-16(19-15)18-13-4-6-14(23-2)7-5-13/h4-7,12H,3,8-11H2,1-2H3,(H,18,19,20). The van der Waals surface area contributed by atoms with Crippen molar-refractivity contribution in [1.29, 1.82) is 0 Å². The van der Waals surface area contributed by atoms with E-state index in [0.29, 0.717) is 5.95 Å².